The molecule has 0 aromatic carbocycles. The van der Waals surface area contributed by atoms with Gasteiger partial charge >= 0.3 is 0 Å². The van der Waals surface area contributed by atoms with Gasteiger partial charge in [-0.2, -0.15) is 0 Å². The molecule has 0 saturated heterocycles. The first-order valence-corrected chi connectivity index (χ1v) is 5.84. The molecule has 102 valence electrons. The number of aromatic nitrogens is 4. The molecule has 8 nitrogen and oxygen atoms in total. The summed E-state index contributed by atoms with van der Waals surface area (Å²) in [6, 6.07) is 3.71. The predicted molar refractivity (Wildman–Crippen MR) is 66.0 cm³/mol. The number of nitrogens with one attached hydrogen (secondary N) is 1. The molecule has 0 saturated carbocycles. The second-order valence-corrected chi connectivity index (χ2v) is 4.31. The molecule has 8 heteroatoms. The Balaban J connectivity index is 1.87. The summed E-state index contributed by atoms with van der Waals surface area (Å²) in [6.45, 7) is 0.562. The van der Waals surface area contributed by atoms with Crippen LogP contribution in [-0.4, -0.2) is 51.7 Å². The summed E-state index contributed by atoms with van der Waals surface area (Å²) in [5.41, 5.74) is 0. The predicted octanol–water partition coefficient (Wildman–Crippen LogP) is -0.315. The van der Waals surface area contributed by atoms with E-state index in [-0.39, 0.29) is 18.5 Å². The van der Waals surface area contributed by atoms with Gasteiger partial charge in [-0.1, -0.05) is 0 Å². The Morgan fingerprint density at radius 3 is 3.00 bits per heavy atom. The highest BCUT2D eigenvalue weighted by Crippen LogP contribution is 2.17. The quantitative estimate of drug-likeness (QED) is 0.769. The number of likely N-dealkylation sites (N-methyl/N-ethyl adjacent to an activating group) is 1. The Morgan fingerprint density at radius 1 is 1.58 bits per heavy atom. The zero-order valence-electron chi connectivity index (χ0n) is 10.9. The molecule has 0 aliphatic rings. The molecule has 0 spiro atoms. The fraction of sp³-hybridized carbons (Fsp3) is 0.455. The Labute approximate surface area is 110 Å². The van der Waals surface area contributed by atoms with Crippen LogP contribution < -0.4 is 5.32 Å². The first-order valence-electron chi connectivity index (χ1n) is 5.84. The first kappa shape index (κ1) is 13.2. The molecule has 0 unspecified atom stereocenters. The van der Waals surface area contributed by atoms with E-state index in [1.54, 1.807) is 6.26 Å². The van der Waals surface area contributed by atoms with Gasteiger partial charge in [-0.25, -0.2) is 4.68 Å². The van der Waals surface area contributed by atoms with Crippen LogP contribution in [0.15, 0.2) is 29.1 Å². The number of furan rings is 1. The van der Waals surface area contributed by atoms with Gasteiger partial charge in [-0.3, -0.25) is 9.69 Å². The summed E-state index contributed by atoms with van der Waals surface area (Å²) in [5.74, 6) is 0.665. The maximum Gasteiger partial charge on any atom is 0.241 e. The van der Waals surface area contributed by atoms with Gasteiger partial charge < -0.3 is 9.73 Å². The van der Waals surface area contributed by atoms with E-state index in [0.717, 1.165) is 5.76 Å². The minimum atomic E-state index is -0.147. The van der Waals surface area contributed by atoms with Crippen molar-refractivity contribution >= 4 is 5.91 Å². The molecule has 0 aliphatic heterocycles. The molecule has 0 radical (unpaired) electrons. The number of tetrazole rings is 1. The molecule has 2 heterocycles. The van der Waals surface area contributed by atoms with Crippen LogP contribution in [0.5, 0.6) is 0 Å². The lowest BCUT2D eigenvalue weighted by molar-refractivity contribution is -0.122. The van der Waals surface area contributed by atoms with Crippen molar-refractivity contribution in [1.29, 1.82) is 0 Å². The number of amides is 1. The van der Waals surface area contributed by atoms with Crippen molar-refractivity contribution in [3.05, 3.63) is 30.5 Å². The number of carbonyl (C=O) groups excluding carboxylic acids is 1. The Hall–Kier alpha value is -2.22. The molecule has 0 fully saturated rings. The zero-order chi connectivity index (χ0) is 13.7. The molecule has 2 rings (SSSR count). The minimum absolute atomic E-state index is 0.00665. The van der Waals surface area contributed by atoms with Gasteiger partial charge in [0.05, 0.1) is 12.3 Å². The summed E-state index contributed by atoms with van der Waals surface area (Å²) in [4.78, 5) is 13.7. The summed E-state index contributed by atoms with van der Waals surface area (Å²) in [7, 11) is 3.86. The number of carbonyl (C=O) groups is 1. The summed E-state index contributed by atoms with van der Waals surface area (Å²) in [5, 5.41) is 13.4. The van der Waals surface area contributed by atoms with Crippen molar-refractivity contribution in [3.63, 3.8) is 0 Å². The molecular weight excluding hydrogens is 248 g/mol. The Morgan fingerprint density at radius 2 is 2.42 bits per heavy atom. The smallest absolute Gasteiger partial charge is 0.241 e. The van der Waals surface area contributed by atoms with Crippen molar-refractivity contribution < 1.29 is 9.21 Å². The topological polar surface area (TPSA) is 89.1 Å². The molecule has 1 N–H and O–H groups in total. The maximum atomic E-state index is 11.7. The average molecular weight is 264 g/mol. The maximum absolute atomic E-state index is 11.7. The van der Waals surface area contributed by atoms with E-state index in [2.05, 4.69) is 20.8 Å². The van der Waals surface area contributed by atoms with Gasteiger partial charge in [0.1, 0.15) is 18.6 Å². The Bertz CT molecular complexity index is 493. The second kappa shape index (κ2) is 6.10. The molecule has 0 bridgehead atoms. The molecular formula is C11H16N6O2. The van der Waals surface area contributed by atoms with E-state index in [9.17, 15) is 4.79 Å². The SMILES string of the molecule is CN(C)[C@H](CNC(=O)Cn1cnnn1)c1ccco1. The normalized spacial score (nSPS) is 12.6. The molecule has 2 aromatic heterocycles. The standard InChI is InChI=1S/C11H16N6O2/c1-16(2)9(10-4-3-5-19-10)6-12-11(18)7-17-8-13-14-15-17/h3-5,8-9H,6-7H2,1-2H3,(H,12,18)/t9-/m1/s1. The Kier molecular flexibility index (Phi) is 4.24. The van der Waals surface area contributed by atoms with Crippen LogP contribution in [-0.2, 0) is 11.3 Å². The van der Waals surface area contributed by atoms with Crippen molar-refractivity contribution in [2.24, 2.45) is 0 Å². The third kappa shape index (κ3) is 3.62. The molecule has 0 aliphatic carbocycles. The van der Waals surface area contributed by atoms with Gasteiger partial charge in [0, 0.05) is 6.54 Å². The molecule has 1 atom stereocenters. The highest BCUT2D eigenvalue weighted by molar-refractivity contribution is 5.75. The van der Waals surface area contributed by atoms with E-state index < -0.39 is 0 Å². The number of nitrogens with zero attached hydrogens (tertiary/aromatic N) is 5. The van der Waals surface area contributed by atoms with Crippen LogP contribution in [0.1, 0.15) is 11.8 Å². The van der Waals surface area contributed by atoms with E-state index >= 15 is 0 Å². The summed E-state index contributed by atoms with van der Waals surface area (Å²) < 4.78 is 6.73. The van der Waals surface area contributed by atoms with Crippen LogP contribution in [0.2, 0.25) is 0 Å². The van der Waals surface area contributed by atoms with E-state index in [4.69, 9.17) is 4.42 Å². The second-order valence-electron chi connectivity index (χ2n) is 4.31. The highest BCUT2D eigenvalue weighted by atomic mass is 16.3. The monoisotopic (exact) mass is 264 g/mol. The first-order chi connectivity index (χ1) is 9.16. The van der Waals surface area contributed by atoms with Crippen LogP contribution in [0.4, 0.5) is 0 Å². The van der Waals surface area contributed by atoms with Gasteiger partial charge in [0.15, 0.2) is 0 Å². The third-order valence-corrected chi connectivity index (χ3v) is 2.68. The van der Waals surface area contributed by atoms with Gasteiger partial charge in [-0.15, -0.1) is 5.10 Å². The van der Waals surface area contributed by atoms with E-state index in [1.165, 1.54) is 11.0 Å². The van der Waals surface area contributed by atoms with Gasteiger partial charge in [0.2, 0.25) is 5.91 Å². The molecule has 2 aromatic rings. The minimum Gasteiger partial charge on any atom is -0.468 e. The number of rotatable bonds is 6. The fourth-order valence-corrected chi connectivity index (χ4v) is 1.68. The number of hydrogen-bond donors (Lipinski definition) is 1. The lowest BCUT2D eigenvalue weighted by Gasteiger charge is -2.22. The van der Waals surface area contributed by atoms with Crippen LogP contribution in [0.25, 0.3) is 0 Å². The number of hydrogen-bond acceptors (Lipinski definition) is 6. The van der Waals surface area contributed by atoms with Gasteiger partial charge in [-0.05, 0) is 36.7 Å². The van der Waals surface area contributed by atoms with E-state index in [0.29, 0.717) is 6.54 Å². The van der Waals surface area contributed by atoms with Crippen molar-refractivity contribution in [2.45, 2.75) is 12.6 Å². The van der Waals surface area contributed by atoms with Crippen LogP contribution >= 0.6 is 0 Å². The lowest BCUT2D eigenvalue weighted by Crippen LogP contribution is -2.36. The highest BCUT2D eigenvalue weighted by Gasteiger charge is 2.17. The largest absolute Gasteiger partial charge is 0.468 e. The average Bonchev–Trinajstić information content (AvgIpc) is 3.01. The van der Waals surface area contributed by atoms with Crippen LogP contribution in [0.3, 0.4) is 0 Å². The molecule has 1 amide bonds. The van der Waals surface area contributed by atoms with E-state index in [1.807, 2.05) is 31.1 Å². The van der Waals surface area contributed by atoms with Gasteiger partial charge in [0.25, 0.3) is 0 Å². The lowest BCUT2D eigenvalue weighted by atomic mass is 10.2. The molecule has 19 heavy (non-hydrogen) atoms. The summed E-state index contributed by atoms with van der Waals surface area (Å²) >= 11 is 0. The van der Waals surface area contributed by atoms with Crippen molar-refractivity contribution in [3.8, 4) is 0 Å². The van der Waals surface area contributed by atoms with Crippen LogP contribution in [0, 0.1) is 0 Å². The third-order valence-electron chi connectivity index (χ3n) is 2.68. The van der Waals surface area contributed by atoms with Crippen molar-refractivity contribution in [1.82, 2.24) is 30.4 Å². The van der Waals surface area contributed by atoms with Crippen molar-refractivity contribution in [2.75, 3.05) is 20.6 Å². The zero-order valence-corrected chi connectivity index (χ0v) is 10.9. The fourth-order valence-electron chi connectivity index (χ4n) is 1.68. The summed E-state index contributed by atoms with van der Waals surface area (Å²) in [6.07, 6.45) is 3.02.